The maximum Gasteiger partial charge on any atom is 0.410 e. The van der Waals surface area contributed by atoms with Gasteiger partial charge in [0, 0.05) is 42.3 Å². The van der Waals surface area contributed by atoms with Gasteiger partial charge in [0.2, 0.25) is 0 Å². The largest absolute Gasteiger partial charge is 0.457 e. The summed E-state index contributed by atoms with van der Waals surface area (Å²) in [6.45, 7) is 6.30. The van der Waals surface area contributed by atoms with Crippen LogP contribution in [0.15, 0.2) is 47.3 Å². The number of ether oxygens (including phenoxy) is 1. The van der Waals surface area contributed by atoms with Gasteiger partial charge in [-0.05, 0) is 45.7 Å². The Hall–Kier alpha value is -2.89. The van der Waals surface area contributed by atoms with Gasteiger partial charge in [-0.3, -0.25) is 14.9 Å². The van der Waals surface area contributed by atoms with Crippen molar-refractivity contribution in [1.29, 1.82) is 0 Å². The number of carbonyl (C=O) groups is 1. The summed E-state index contributed by atoms with van der Waals surface area (Å²) in [4.78, 5) is 23.0. The van der Waals surface area contributed by atoms with Crippen molar-refractivity contribution < 1.29 is 13.9 Å². The molecule has 1 atom stereocenters. The molecule has 0 saturated carbocycles. The minimum absolute atomic E-state index is 0.115. The fourth-order valence-electron chi connectivity index (χ4n) is 3.39. The lowest BCUT2D eigenvalue weighted by atomic mass is 10.1. The number of amides is 1. The van der Waals surface area contributed by atoms with Gasteiger partial charge in [0.25, 0.3) is 0 Å². The number of furan rings is 1. The lowest BCUT2D eigenvalue weighted by Crippen LogP contribution is -2.36. The number of hydrogen-bond donors (Lipinski definition) is 0. The molecular weight excluding hydrogens is 342 g/mol. The highest BCUT2D eigenvalue weighted by atomic mass is 16.6. The Balaban J connectivity index is 1.62. The van der Waals surface area contributed by atoms with E-state index < -0.39 is 5.60 Å². The molecule has 0 radical (unpaired) electrons. The second-order valence-electron chi connectivity index (χ2n) is 7.83. The first kappa shape index (κ1) is 17.5. The van der Waals surface area contributed by atoms with Gasteiger partial charge in [0.15, 0.2) is 5.58 Å². The third-order valence-electron chi connectivity index (χ3n) is 4.59. The van der Waals surface area contributed by atoms with Crippen LogP contribution in [0.1, 0.15) is 45.4 Å². The summed E-state index contributed by atoms with van der Waals surface area (Å²) < 4.78 is 11.6. The van der Waals surface area contributed by atoms with Gasteiger partial charge in [-0.15, -0.1) is 0 Å². The molecule has 6 heteroatoms. The molecular formula is C21H23N3O3. The van der Waals surface area contributed by atoms with E-state index in [4.69, 9.17) is 9.15 Å². The van der Waals surface area contributed by atoms with Crippen LogP contribution in [0.3, 0.4) is 0 Å². The highest BCUT2D eigenvalue weighted by molar-refractivity contribution is 5.79. The van der Waals surface area contributed by atoms with E-state index in [1.54, 1.807) is 17.3 Å². The van der Waals surface area contributed by atoms with Gasteiger partial charge < -0.3 is 9.15 Å². The molecule has 0 N–H and O–H groups in total. The van der Waals surface area contributed by atoms with E-state index in [0.29, 0.717) is 12.1 Å². The van der Waals surface area contributed by atoms with E-state index in [9.17, 15) is 4.79 Å². The van der Waals surface area contributed by atoms with Crippen LogP contribution in [0.25, 0.3) is 22.2 Å². The minimum atomic E-state index is -0.516. The molecule has 1 aliphatic rings. The monoisotopic (exact) mass is 365 g/mol. The number of aromatic nitrogens is 2. The van der Waals surface area contributed by atoms with Crippen molar-refractivity contribution in [3.05, 3.63) is 48.6 Å². The fourth-order valence-corrected chi connectivity index (χ4v) is 3.39. The quantitative estimate of drug-likeness (QED) is 0.642. The first-order valence-corrected chi connectivity index (χ1v) is 9.20. The zero-order chi connectivity index (χ0) is 19.0. The van der Waals surface area contributed by atoms with Gasteiger partial charge in [-0.1, -0.05) is 6.07 Å². The molecule has 0 aromatic carbocycles. The van der Waals surface area contributed by atoms with E-state index >= 15 is 0 Å². The Kier molecular flexibility index (Phi) is 4.34. The number of likely N-dealkylation sites (tertiary alicyclic amines) is 1. The highest BCUT2D eigenvalue weighted by Gasteiger charge is 2.35. The van der Waals surface area contributed by atoms with Crippen molar-refractivity contribution in [2.45, 2.75) is 45.3 Å². The summed E-state index contributed by atoms with van der Waals surface area (Å²) in [5.74, 6) is 0.754. The molecule has 6 nitrogen and oxygen atoms in total. The lowest BCUT2D eigenvalue weighted by molar-refractivity contribution is 0.0209. The van der Waals surface area contributed by atoms with Gasteiger partial charge in [0.05, 0.1) is 6.04 Å². The Bertz CT molecular complexity index is 960. The van der Waals surface area contributed by atoms with Crippen LogP contribution >= 0.6 is 0 Å². The molecule has 27 heavy (non-hydrogen) atoms. The smallest absolute Gasteiger partial charge is 0.410 e. The fraction of sp³-hybridized carbons (Fsp3) is 0.381. The zero-order valence-electron chi connectivity index (χ0n) is 15.8. The minimum Gasteiger partial charge on any atom is -0.457 e. The van der Waals surface area contributed by atoms with Gasteiger partial charge >= 0.3 is 6.09 Å². The van der Waals surface area contributed by atoms with E-state index in [2.05, 4.69) is 9.97 Å². The molecule has 1 saturated heterocycles. The topological polar surface area (TPSA) is 68.5 Å². The van der Waals surface area contributed by atoms with Gasteiger partial charge in [-0.2, -0.15) is 0 Å². The van der Waals surface area contributed by atoms with Crippen LogP contribution < -0.4 is 0 Å². The first-order valence-electron chi connectivity index (χ1n) is 9.20. The van der Waals surface area contributed by atoms with E-state index in [0.717, 1.165) is 35.2 Å². The molecule has 140 valence electrons. The maximum atomic E-state index is 12.5. The molecule has 1 unspecified atom stereocenters. The van der Waals surface area contributed by atoms with Gasteiger partial charge in [0.1, 0.15) is 16.9 Å². The summed E-state index contributed by atoms with van der Waals surface area (Å²) in [5, 5.41) is 0. The van der Waals surface area contributed by atoms with Crippen molar-refractivity contribution in [2.75, 3.05) is 6.54 Å². The number of rotatable bonds is 2. The van der Waals surface area contributed by atoms with Crippen molar-refractivity contribution in [2.24, 2.45) is 0 Å². The Morgan fingerprint density at radius 1 is 1.26 bits per heavy atom. The van der Waals surface area contributed by atoms with Crippen LogP contribution in [0.4, 0.5) is 4.79 Å². The van der Waals surface area contributed by atoms with Crippen LogP contribution in [0.5, 0.6) is 0 Å². The van der Waals surface area contributed by atoms with Crippen molar-refractivity contribution in [3.63, 3.8) is 0 Å². The number of fused-ring (bicyclic) bond motifs is 1. The summed E-state index contributed by atoms with van der Waals surface area (Å²) in [5.41, 5.74) is 2.92. The van der Waals surface area contributed by atoms with E-state index in [-0.39, 0.29) is 12.1 Å². The highest BCUT2D eigenvalue weighted by Crippen LogP contribution is 2.36. The normalized spacial score (nSPS) is 17.4. The summed E-state index contributed by atoms with van der Waals surface area (Å²) >= 11 is 0. The van der Waals surface area contributed by atoms with Gasteiger partial charge in [-0.25, -0.2) is 4.79 Å². The van der Waals surface area contributed by atoms with E-state index in [1.807, 2.05) is 51.2 Å². The average Bonchev–Trinajstić information content (AvgIpc) is 3.27. The third kappa shape index (κ3) is 3.65. The molecule has 1 fully saturated rings. The summed E-state index contributed by atoms with van der Waals surface area (Å²) in [7, 11) is 0. The molecule has 0 spiro atoms. The molecule has 1 aliphatic heterocycles. The number of hydrogen-bond acceptors (Lipinski definition) is 5. The average molecular weight is 365 g/mol. The Morgan fingerprint density at radius 3 is 2.85 bits per heavy atom. The molecule has 0 bridgehead atoms. The predicted octanol–water partition coefficient (Wildman–Crippen LogP) is 4.96. The number of pyridine rings is 2. The Labute approximate surface area is 158 Å². The molecule has 3 aromatic heterocycles. The second-order valence-corrected chi connectivity index (χ2v) is 7.83. The standard InChI is InChI=1S/C21H23N3O3/c1-21(2,3)27-20(25)24-9-5-7-17(24)19-11-16-18(26-19)10-15(13-23-16)14-6-4-8-22-12-14/h4,6,8,10-13,17H,5,7,9H2,1-3H3. The number of carbonyl (C=O) groups excluding carboxylic acids is 1. The second kappa shape index (κ2) is 6.68. The van der Waals surface area contributed by atoms with Crippen LogP contribution in [-0.4, -0.2) is 33.1 Å². The number of nitrogens with zero attached hydrogens (tertiary/aromatic N) is 3. The molecule has 3 aromatic rings. The van der Waals surface area contributed by atoms with Crippen molar-refractivity contribution >= 4 is 17.2 Å². The lowest BCUT2D eigenvalue weighted by Gasteiger charge is -2.27. The van der Waals surface area contributed by atoms with Crippen molar-refractivity contribution in [1.82, 2.24) is 14.9 Å². The van der Waals surface area contributed by atoms with E-state index in [1.165, 1.54) is 0 Å². The van der Waals surface area contributed by atoms with Crippen LogP contribution in [0, 0.1) is 0 Å². The Morgan fingerprint density at radius 2 is 2.11 bits per heavy atom. The van der Waals surface area contributed by atoms with Crippen LogP contribution in [0.2, 0.25) is 0 Å². The molecule has 0 aliphatic carbocycles. The predicted molar refractivity (Wildman–Crippen MR) is 102 cm³/mol. The first-order chi connectivity index (χ1) is 12.9. The third-order valence-corrected chi connectivity index (χ3v) is 4.59. The SMILES string of the molecule is CC(C)(C)OC(=O)N1CCCC1c1cc2ncc(-c3cccnc3)cc2o1. The molecule has 4 rings (SSSR count). The summed E-state index contributed by atoms with van der Waals surface area (Å²) in [6.07, 6.45) is 6.84. The van der Waals surface area contributed by atoms with Crippen molar-refractivity contribution in [3.8, 4) is 11.1 Å². The maximum absolute atomic E-state index is 12.5. The summed E-state index contributed by atoms with van der Waals surface area (Å²) in [6, 6.07) is 7.66. The molecule has 4 heterocycles. The van der Waals surface area contributed by atoms with Crippen LogP contribution in [-0.2, 0) is 4.74 Å². The zero-order valence-corrected chi connectivity index (χ0v) is 15.8. The molecule has 1 amide bonds.